The molecule has 1 aliphatic rings. The van der Waals surface area contributed by atoms with Crippen molar-refractivity contribution in [3.05, 3.63) is 36.4 Å². The topological polar surface area (TPSA) is 52.0 Å². The Morgan fingerprint density at radius 3 is 2.94 bits per heavy atom. The minimum Gasteiger partial charge on any atom is -0.452 e. The zero-order valence-electron chi connectivity index (χ0n) is 10.3. The van der Waals surface area contributed by atoms with Crippen LogP contribution in [0.2, 0.25) is 0 Å². The van der Waals surface area contributed by atoms with Crippen molar-refractivity contribution in [2.24, 2.45) is 7.05 Å². The van der Waals surface area contributed by atoms with E-state index in [0.29, 0.717) is 6.04 Å². The average Bonchev–Trinajstić information content (AvgIpc) is 3.11. The molecule has 2 aromatic rings. The number of pyridine rings is 1. The standard InChI is InChI=1S/C13H16N4O/c1-17-9-13(8-16-17)18-12-4-10(5-14-7-12)6-15-11-2-3-11/h4-5,7-9,11,15H,2-3,6H2,1H3. The van der Waals surface area contributed by atoms with Gasteiger partial charge in [0, 0.05) is 25.8 Å². The summed E-state index contributed by atoms with van der Waals surface area (Å²) in [7, 11) is 1.86. The Morgan fingerprint density at radius 2 is 2.22 bits per heavy atom. The van der Waals surface area contributed by atoms with E-state index in [1.165, 1.54) is 12.8 Å². The minimum absolute atomic E-state index is 0.702. The van der Waals surface area contributed by atoms with E-state index in [1.54, 1.807) is 17.1 Å². The number of nitrogens with zero attached hydrogens (tertiary/aromatic N) is 3. The van der Waals surface area contributed by atoms with Crippen molar-refractivity contribution in [3.63, 3.8) is 0 Å². The summed E-state index contributed by atoms with van der Waals surface area (Å²) in [6.45, 7) is 0.849. The van der Waals surface area contributed by atoms with Crippen molar-refractivity contribution in [1.82, 2.24) is 20.1 Å². The summed E-state index contributed by atoms with van der Waals surface area (Å²) in [5.41, 5.74) is 1.14. The lowest BCUT2D eigenvalue weighted by atomic mass is 10.3. The van der Waals surface area contributed by atoms with Crippen LogP contribution in [0, 0.1) is 0 Å². The molecule has 0 amide bonds. The number of hydrogen-bond acceptors (Lipinski definition) is 4. The van der Waals surface area contributed by atoms with Gasteiger partial charge in [-0.3, -0.25) is 9.67 Å². The van der Waals surface area contributed by atoms with Crippen LogP contribution in [0.1, 0.15) is 18.4 Å². The van der Waals surface area contributed by atoms with Gasteiger partial charge < -0.3 is 10.1 Å². The van der Waals surface area contributed by atoms with Gasteiger partial charge in [-0.05, 0) is 24.5 Å². The predicted molar refractivity (Wildman–Crippen MR) is 67.4 cm³/mol. The van der Waals surface area contributed by atoms with Crippen molar-refractivity contribution in [3.8, 4) is 11.5 Å². The second-order valence-corrected chi connectivity index (χ2v) is 4.64. The highest BCUT2D eigenvalue weighted by atomic mass is 16.5. The molecule has 1 fully saturated rings. The zero-order chi connectivity index (χ0) is 12.4. The highest BCUT2D eigenvalue weighted by Gasteiger charge is 2.19. The molecule has 0 unspecified atom stereocenters. The lowest BCUT2D eigenvalue weighted by Gasteiger charge is -2.06. The van der Waals surface area contributed by atoms with E-state index < -0.39 is 0 Å². The Morgan fingerprint density at radius 1 is 1.33 bits per heavy atom. The molecular formula is C13H16N4O. The van der Waals surface area contributed by atoms with Gasteiger partial charge in [-0.15, -0.1) is 0 Å². The van der Waals surface area contributed by atoms with E-state index in [4.69, 9.17) is 4.74 Å². The van der Waals surface area contributed by atoms with Gasteiger partial charge in [0.25, 0.3) is 0 Å². The first-order valence-corrected chi connectivity index (χ1v) is 6.13. The highest BCUT2D eigenvalue weighted by molar-refractivity contribution is 5.28. The number of aromatic nitrogens is 3. The fourth-order valence-electron chi connectivity index (χ4n) is 1.75. The molecular weight excluding hydrogens is 228 g/mol. The van der Waals surface area contributed by atoms with E-state index in [2.05, 4.69) is 15.4 Å². The summed E-state index contributed by atoms with van der Waals surface area (Å²) < 4.78 is 7.40. The molecule has 2 aromatic heterocycles. The Bertz CT molecular complexity index is 533. The van der Waals surface area contributed by atoms with Crippen molar-refractivity contribution in [1.29, 1.82) is 0 Å². The predicted octanol–water partition coefficient (Wildman–Crippen LogP) is 1.86. The molecule has 1 aliphatic carbocycles. The largest absolute Gasteiger partial charge is 0.452 e. The van der Waals surface area contributed by atoms with Crippen LogP contribution >= 0.6 is 0 Å². The smallest absolute Gasteiger partial charge is 0.165 e. The highest BCUT2D eigenvalue weighted by Crippen LogP contribution is 2.22. The number of ether oxygens (including phenoxy) is 1. The van der Waals surface area contributed by atoms with E-state index >= 15 is 0 Å². The Kier molecular flexibility index (Phi) is 2.98. The molecule has 5 nitrogen and oxygen atoms in total. The number of aryl methyl sites for hydroxylation is 1. The maximum absolute atomic E-state index is 5.69. The van der Waals surface area contributed by atoms with Crippen LogP contribution in [0.25, 0.3) is 0 Å². The average molecular weight is 244 g/mol. The minimum atomic E-state index is 0.702. The maximum Gasteiger partial charge on any atom is 0.165 e. The van der Waals surface area contributed by atoms with Gasteiger partial charge in [0.05, 0.1) is 18.6 Å². The second kappa shape index (κ2) is 4.78. The summed E-state index contributed by atoms with van der Waals surface area (Å²) >= 11 is 0. The van der Waals surface area contributed by atoms with Gasteiger partial charge in [0.2, 0.25) is 0 Å². The van der Waals surface area contributed by atoms with E-state index in [9.17, 15) is 0 Å². The molecule has 0 radical (unpaired) electrons. The van der Waals surface area contributed by atoms with Crippen molar-refractivity contribution in [2.75, 3.05) is 0 Å². The van der Waals surface area contributed by atoms with Crippen LogP contribution in [0.3, 0.4) is 0 Å². The third-order valence-electron chi connectivity index (χ3n) is 2.86. The van der Waals surface area contributed by atoms with E-state index in [1.807, 2.05) is 25.5 Å². The fourth-order valence-corrected chi connectivity index (χ4v) is 1.75. The van der Waals surface area contributed by atoms with Crippen molar-refractivity contribution in [2.45, 2.75) is 25.4 Å². The van der Waals surface area contributed by atoms with Crippen LogP contribution in [0.5, 0.6) is 11.5 Å². The van der Waals surface area contributed by atoms with Gasteiger partial charge in [-0.1, -0.05) is 0 Å². The monoisotopic (exact) mass is 244 g/mol. The number of nitrogens with one attached hydrogen (secondary N) is 1. The van der Waals surface area contributed by atoms with Crippen molar-refractivity contribution < 1.29 is 4.74 Å². The summed E-state index contributed by atoms with van der Waals surface area (Å²) in [5.74, 6) is 1.48. The van der Waals surface area contributed by atoms with E-state index in [0.717, 1.165) is 23.6 Å². The van der Waals surface area contributed by atoms with Gasteiger partial charge in [0.1, 0.15) is 5.75 Å². The molecule has 0 aromatic carbocycles. The molecule has 0 atom stereocenters. The SMILES string of the molecule is Cn1cc(Oc2cncc(CNC3CC3)c2)cn1. The Hall–Kier alpha value is -1.88. The molecule has 0 spiro atoms. The molecule has 3 rings (SSSR count). The molecule has 2 heterocycles. The normalized spacial score (nSPS) is 14.7. The quantitative estimate of drug-likeness (QED) is 0.872. The first kappa shape index (κ1) is 11.2. The van der Waals surface area contributed by atoms with E-state index in [-0.39, 0.29) is 0 Å². The van der Waals surface area contributed by atoms with Crippen LogP contribution in [-0.2, 0) is 13.6 Å². The number of rotatable bonds is 5. The van der Waals surface area contributed by atoms with Crippen LogP contribution in [0.4, 0.5) is 0 Å². The van der Waals surface area contributed by atoms with Gasteiger partial charge in [0.15, 0.2) is 5.75 Å². The molecule has 1 N–H and O–H groups in total. The summed E-state index contributed by atoms with van der Waals surface area (Å²) in [5, 5.41) is 7.52. The maximum atomic E-state index is 5.69. The lowest BCUT2D eigenvalue weighted by Crippen LogP contribution is -2.15. The molecule has 5 heteroatoms. The fraction of sp³-hybridized carbons (Fsp3) is 0.385. The van der Waals surface area contributed by atoms with Crippen LogP contribution in [0.15, 0.2) is 30.9 Å². The second-order valence-electron chi connectivity index (χ2n) is 4.64. The Labute approximate surface area is 106 Å². The molecule has 1 saturated carbocycles. The number of hydrogen-bond donors (Lipinski definition) is 1. The molecule has 0 bridgehead atoms. The molecule has 18 heavy (non-hydrogen) atoms. The van der Waals surface area contributed by atoms with Crippen molar-refractivity contribution >= 4 is 0 Å². The summed E-state index contributed by atoms with van der Waals surface area (Å²) in [6.07, 6.45) is 9.68. The third-order valence-corrected chi connectivity index (χ3v) is 2.86. The molecule has 94 valence electrons. The summed E-state index contributed by atoms with van der Waals surface area (Å²) in [6, 6.07) is 2.71. The lowest BCUT2D eigenvalue weighted by molar-refractivity contribution is 0.478. The van der Waals surface area contributed by atoms with Crippen LogP contribution in [-0.4, -0.2) is 20.8 Å². The summed E-state index contributed by atoms with van der Waals surface area (Å²) in [4.78, 5) is 4.19. The zero-order valence-corrected chi connectivity index (χ0v) is 10.3. The van der Waals surface area contributed by atoms with Gasteiger partial charge in [-0.2, -0.15) is 5.10 Å². The molecule has 0 aliphatic heterocycles. The van der Waals surface area contributed by atoms with Gasteiger partial charge >= 0.3 is 0 Å². The Balaban J connectivity index is 1.65. The first-order chi connectivity index (χ1) is 8.79. The third kappa shape index (κ3) is 2.87. The van der Waals surface area contributed by atoms with Gasteiger partial charge in [-0.25, -0.2) is 0 Å². The first-order valence-electron chi connectivity index (χ1n) is 6.13. The molecule has 0 saturated heterocycles. The van der Waals surface area contributed by atoms with Crippen LogP contribution < -0.4 is 10.1 Å².